The second-order valence-electron chi connectivity index (χ2n) is 8.94. The molecule has 160 valence electrons. The number of hydrogen-bond acceptors (Lipinski definition) is 4. The van der Waals surface area contributed by atoms with Gasteiger partial charge in [-0.2, -0.15) is 0 Å². The minimum Gasteiger partial charge on any atom is -0.481 e. The Morgan fingerprint density at radius 3 is 2.54 bits per heavy atom. The SMILES string of the molecule is O=C(O)CCCCCCCOC[C@@H]1[C@H](/C=C/C(O)C2CCCC2)[C@@H]2CC[C@H]1O2. The molecule has 5 nitrogen and oxygen atoms in total. The summed E-state index contributed by atoms with van der Waals surface area (Å²) in [4.78, 5) is 10.5. The molecule has 2 bridgehead atoms. The number of unbranched alkanes of at least 4 members (excludes halogenated alkanes) is 4. The van der Waals surface area contributed by atoms with Gasteiger partial charge in [0.25, 0.3) is 0 Å². The van der Waals surface area contributed by atoms with Crippen molar-refractivity contribution in [2.24, 2.45) is 17.8 Å². The smallest absolute Gasteiger partial charge is 0.303 e. The average Bonchev–Trinajstić information content (AvgIpc) is 3.42. The summed E-state index contributed by atoms with van der Waals surface area (Å²) in [6, 6.07) is 0. The van der Waals surface area contributed by atoms with Gasteiger partial charge in [-0.1, -0.05) is 44.3 Å². The Morgan fingerprint density at radius 1 is 1.04 bits per heavy atom. The van der Waals surface area contributed by atoms with Crippen molar-refractivity contribution in [1.29, 1.82) is 0 Å². The van der Waals surface area contributed by atoms with Gasteiger partial charge in [0, 0.05) is 24.9 Å². The third-order valence-corrected chi connectivity index (χ3v) is 6.89. The standard InChI is InChI=1S/C23H38O5/c24-20(17-8-5-6-9-17)12-11-18-19(22-14-13-21(18)28-22)16-27-15-7-3-1-2-4-10-23(25)26/h11-12,17-22,24H,1-10,13-16H2,(H,25,26)/b12-11+/t18-,19+,20?,21-,22+/m0/s1. The fraction of sp³-hybridized carbons (Fsp3) is 0.870. The number of aliphatic hydroxyl groups is 1. The summed E-state index contributed by atoms with van der Waals surface area (Å²) >= 11 is 0. The van der Waals surface area contributed by atoms with E-state index in [4.69, 9.17) is 14.6 Å². The molecule has 28 heavy (non-hydrogen) atoms. The first-order chi connectivity index (χ1) is 13.6. The monoisotopic (exact) mass is 394 g/mol. The van der Waals surface area contributed by atoms with E-state index in [0.717, 1.165) is 71.0 Å². The van der Waals surface area contributed by atoms with Gasteiger partial charge in [0.2, 0.25) is 0 Å². The molecule has 0 aromatic heterocycles. The molecule has 3 rings (SSSR count). The van der Waals surface area contributed by atoms with Crippen LogP contribution in [0.3, 0.4) is 0 Å². The molecule has 0 aromatic rings. The molecule has 1 unspecified atom stereocenters. The highest BCUT2D eigenvalue weighted by Gasteiger charge is 2.47. The van der Waals surface area contributed by atoms with Crippen molar-refractivity contribution in [3.63, 3.8) is 0 Å². The Kier molecular flexibility index (Phi) is 8.81. The van der Waals surface area contributed by atoms with Gasteiger partial charge in [-0.05, 0) is 44.4 Å². The lowest BCUT2D eigenvalue weighted by Crippen LogP contribution is -2.30. The normalized spacial score (nSPS) is 31.2. The lowest BCUT2D eigenvalue weighted by molar-refractivity contribution is -0.137. The molecule has 0 spiro atoms. The number of carbonyl (C=O) groups is 1. The number of aliphatic hydroxyl groups excluding tert-OH is 1. The molecule has 1 aliphatic carbocycles. The Labute approximate surface area is 169 Å². The minimum absolute atomic E-state index is 0.283. The fourth-order valence-electron chi connectivity index (χ4n) is 5.22. The molecule has 3 aliphatic rings. The number of hydrogen-bond donors (Lipinski definition) is 2. The Morgan fingerprint density at radius 2 is 1.75 bits per heavy atom. The first-order valence-corrected chi connectivity index (χ1v) is 11.5. The predicted molar refractivity (Wildman–Crippen MR) is 108 cm³/mol. The van der Waals surface area contributed by atoms with E-state index in [1.807, 2.05) is 6.08 Å². The van der Waals surface area contributed by atoms with E-state index in [1.165, 1.54) is 12.8 Å². The lowest BCUT2D eigenvalue weighted by Gasteiger charge is -2.26. The van der Waals surface area contributed by atoms with Crippen LogP contribution in [-0.2, 0) is 14.3 Å². The second kappa shape index (κ2) is 11.3. The second-order valence-corrected chi connectivity index (χ2v) is 8.94. The largest absolute Gasteiger partial charge is 0.481 e. The van der Waals surface area contributed by atoms with Crippen LogP contribution in [0.25, 0.3) is 0 Å². The highest BCUT2D eigenvalue weighted by atomic mass is 16.5. The number of carboxylic acids is 1. The number of carboxylic acid groups (broad SMARTS) is 1. The van der Waals surface area contributed by atoms with Gasteiger partial charge < -0.3 is 19.7 Å². The van der Waals surface area contributed by atoms with Gasteiger partial charge in [-0.25, -0.2) is 0 Å². The molecule has 1 saturated carbocycles. The Balaban J connectivity index is 1.32. The zero-order chi connectivity index (χ0) is 19.8. The topological polar surface area (TPSA) is 76.0 Å². The van der Waals surface area contributed by atoms with Gasteiger partial charge in [-0.3, -0.25) is 4.79 Å². The third kappa shape index (κ3) is 6.30. The molecule has 2 saturated heterocycles. The number of rotatable bonds is 13. The molecule has 2 aliphatic heterocycles. The molecular formula is C23H38O5. The molecule has 0 aromatic carbocycles. The summed E-state index contributed by atoms with van der Waals surface area (Å²) in [6.45, 7) is 1.52. The van der Waals surface area contributed by atoms with Crippen LogP contribution in [0.2, 0.25) is 0 Å². The van der Waals surface area contributed by atoms with E-state index in [1.54, 1.807) is 0 Å². The van der Waals surface area contributed by atoms with Gasteiger partial charge in [-0.15, -0.1) is 0 Å². The van der Waals surface area contributed by atoms with Crippen LogP contribution < -0.4 is 0 Å². The van der Waals surface area contributed by atoms with Crippen LogP contribution >= 0.6 is 0 Å². The van der Waals surface area contributed by atoms with E-state index >= 15 is 0 Å². The number of fused-ring (bicyclic) bond motifs is 2. The summed E-state index contributed by atoms with van der Waals surface area (Å²) in [5.41, 5.74) is 0. The van der Waals surface area contributed by atoms with Crippen molar-refractivity contribution in [3.8, 4) is 0 Å². The van der Waals surface area contributed by atoms with Crippen LogP contribution in [-0.4, -0.2) is 47.7 Å². The van der Waals surface area contributed by atoms with Crippen LogP contribution in [0.15, 0.2) is 12.2 Å². The molecule has 0 amide bonds. The molecule has 2 N–H and O–H groups in total. The average molecular weight is 395 g/mol. The number of ether oxygens (including phenoxy) is 2. The van der Waals surface area contributed by atoms with Crippen LogP contribution in [0, 0.1) is 17.8 Å². The van der Waals surface area contributed by atoms with Crippen LogP contribution in [0.1, 0.15) is 77.0 Å². The summed E-state index contributed by atoms with van der Waals surface area (Å²) < 4.78 is 12.1. The summed E-state index contributed by atoms with van der Waals surface area (Å²) in [7, 11) is 0. The van der Waals surface area contributed by atoms with Crippen molar-refractivity contribution >= 4 is 5.97 Å². The van der Waals surface area contributed by atoms with Crippen molar-refractivity contribution < 1.29 is 24.5 Å². The molecule has 5 heteroatoms. The first kappa shape index (κ1) is 21.8. The van der Waals surface area contributed by atoms with Gasteiger partial charge in [0.05, 0.1) is 24.9 Å². The summed E-state index contributed by atoms with van der Waals surface area (Å²) in [5.74, 6) is 0.545. The molecule has 3 fully saturated rings. The van der Waals surface area contributed by atoms with Crippen molar-refractivity contribution in [1.82, 2.24) is 0 Å². The van der Waals surface area contributed by atoms with Crippen molar-refractivity contribution in [2.45, 2.75) is 95.4 Å². The maximum atomic E-state index is 10.5. The van der Waals surface area contributed by atoms with Gasteiger partial charge >= 0.3 is 5.97 Å². The zero-order valence-corrected chi connectivity index (χ0v) is 17.1. The van der Waals surface area contributed by atoms with Crippen LogP contribution in [0.4, 0.5) is 0 Å². The van der Waals surface area contributed by atoms with E-state index < -0.39 is 5.97 Å². The third-order valence-electron chi connectivity index (χ3n) is 6.89. The van der Waals surface area contributed by atoms with Crippen molar-refractivity contribution in [3.05, 3.63) is 12.2 Å². The minimum atomic E-state index is -0.698. The molecular weight excluding hydrogens is 356 g/mol. The van der Waals surface area contributed by atoms with Crippen molar-refractivity contribution in [2.75, 3.05) is 13.2 Å². The van der Waals surface area contributed by atoms with Crippen LogP contribution in [0.5, 0.6) is 0 Å². The maximum Gasteiger partial charge on any atom is 0.303 e. The van der Waals surface area contributed by atoms with Gasteiger partial charge in [0.1, 0.15) is 0 Å². The van der Waals surface area contributed by atoms with E-state index in [0.29, 0.717) is 30.0 Å². The fourth-order valence-corrected chi connectivity index (χ4v) is 5.22. The van der Waals surface area contributed by atoms with E-state index in [2.05, 4.69) is 6.08 Å². The first-order valence-electron chi connectivity index (χ1n) is 11.5. The Bertz CT molecular complexity index is 499. The van der Waals surface area contributed by atoms with E-state index in [-0.39, 0.29) is 12.5 Å². The maximum absolute atomic E-state index is 10.5. The quantitative estimate of drug-likeness (QED) is 0.359. The lowest BCUT2D eigenvalue weighted by atomic mass is 9.79. The summed E-state index contributed by atoms with van der Waals surface area (Å²) in [6.07, 6.45) is 16.9. The highest BCUT2D eigenvalue weighted by Crippen LogP contribution is 2.44. The summed E-state index contributed by atoms with van der Waals surface area (Å²) in [5, 5.41) is 19.1. The zero-order valence-electron chi connectivity index (χ0n) is 17.1. The Hall–Kier alpha value is -0.910. The highest BCUT2D eigenvalue weighted by molar-refractivity contribution is 5.66. The van der Waals surface area contributed by atoms with Gasteiger partial charge in [0.15, 0.2) is 0 Å². The number of aliphatic carboxylic acids is 1. The predicted octanol–water partition coefficient (Wildman–Crippen LogP) is 4.33. The molecule has 2 heterocycles. The molecule has 5 atom stereocenters. The molecule has 0 radical (unpaired) electrons. The van der Waals surface area contributed by atoms with E-state index in [9.17, 15) is 9.90 Å².